The first kappa shape index (κ1) is 37.0. The summed E-state index contributed by atoms with van der Waals surface area (Å²) in [6.07, 6.45) is 20.8. The highest BCUT2D eigenvalue weighted by molar-refractivity contribution is 7.98. The number of aliphatic hydroxyl groups is 1. The minimum atomic E-state index is -1.04. The molecular formula is C34H52O8S. The van der Waals surface area contributed by atoms with E-state index in [0.29, 0.717) is 23.9 Å². The van der Waals surface area contributed by atoms with Crippen LogP contribution in [-0.4, -0.2) is 69.2 Å². The predicted octanol–water partition coefficient (Wildman–Crippen LogP) is 7.06. The second-order valence-corrected chi connectivity index (χ2v) is 12.8. The van der Waals surface area contributed by atoms with E-state index >= 15 is 0 Å². The van der Waals surface area contributed by atoms with Crippen LogP contribution < -0.4 is 0 Å². The number of hydrogen-bond donors (Lipinski definition) is 3. The predicted molar refractivity (Wildman–Crippen MR) is 172 cm³/mol. The highest BCUT2D eigenvalue weighted by atomic mass is 32.2. The standard InChI is InChI=1S/C34H52O8S/c1-7-8-18-33(40-23-43-6)20-21-34(42-30(33)15-11-25(3)22-32(38)39)19-17-27(5)29(41-34)14-10-24(2)9-13-28(35)26(4)12-16-31(36)37/h9-13,15-16,22,26-30,35H,7-8,14,17-21,23H2,1-6H3,(H,36,37)(H,38,39)/b13-9+,15-11+,16-12+,24-10+,25-22+/t26-,27-,28-,29+,30-,33+,34-/m0/s1. The molecule has 7 atom stereocenters. The lowest BCUT2D eigenvalue weighted by Crippen LogP contribution is -2.59. The van der Waals surface area contributed by atoms with Gasteiger partial charge in [-0.25, -0.2) is 9.59 Å². The highest BCUT2D eigenvalue weighted by Crippen LogP contribution is 2.48. The van der Waals surface area contributed by atoms with Crippen LogP contribution >= 0.6 is 11.8 Å². The van der Waals surface area contributed by atoms with Gasteiger partial charge in [0.1, 0.15) is 6.10 Å². The first-order chi connectivity index (χ1) is 20.3. The van der Waals surface area contributed by atoms with Gasteiger partial charge in [-0.3, -0.25) is 0 Å². The van der Waals surface area contributed by atoms with Crippen LogP contribution in [0.5, 0.6) is 0 Å². The molecule has 0 aromatic heterocycles. The third-order valence-electron chi connectivity index (χ3n) is 8.38. The molecule has 2 heterocycles. The third kappa shape index (κ3) is 12.0. The minimum Gasteiger partial charge on any atom is -0.478 e. The number of hydrogen-bond acceptors (Lipinski definition) is 7. The molecular weight excluding hydrogens is 568 g/mol. The quantitative estimate of drug-likeness (QED) is 0.0945. The van der Waals surface area contributed by atoms with Crippen molar-refractivity contribution in [3.63, 3.8) is 0 Å². The molecule has 1 spiro atoms. The zero-order valence-electron chi connectivity index (χ0n) is 26.7. The van der Waals surface area contributed by atoms with E-state index in [4.69, 9.17) is 19.3 Å². The lowest BCUT2D eigenvalue weighted by Gasteiger charge is -2.53. The van der Waals surface area contributed by atoms with E-state index in [0.717, 1.165) is 56.6 Å². The van der Waals surface area contributed by atoms with Gasteiger partial charge < -0.3 is 29.5 Å². The Morgan fingerprint density at radius 1 is 1.05 bits per heavy atom. The molecule has 0 bridgehead atoms. The van der Waals surface area contributed by atoms with E-state index in [1.165, 1.54) is 12.2 Å². The van der Waals surface area contributed by atoms with Crippen molar-refractivity contribution in [2.75, 3.05) is 12.2 Å². The fraction of sp³-hybridized carbons (Fsp3) is 0.647. The molecule has 3 N–H and O–H groups in total. The average Bonchev–Trinajstić information content (AvgIpc) is 2.96. The van der Waals surface area contributed by atoms with Gasteiger partial charge in [-0.1, -0.05) is 75.6 Å². The SMILES string of the molecule is CCCC[C@@]1(OCSC)CC[C@]2(CC[C@H](C)[C@@H](C/C=C(C)/C=C/[C@H](O)[C@@H](C)/C=C/C(=O)O)O2)O[C@H]1/C=C/C(C)=C/C(=O)O. The summed E-state index contributed by atoms with van der Waals surface area (Å²) in [4.78, 5) is 22.0. The summed E-state index contributed by atoms with van der Waals surface area (Å²) in [5.74, 6) is -2.19. The topological polar surface area (TPSA) is 123 Å². The van der Waals surface area contributed by atoms with E-state index < -0.39 is 29.4 Å². The van der Waals surface area contributed by atoms with Crippen LogP contribution in [0.25, 0.3) is 0 Å². The summed E-state index contributed by atoms with van der Waals surface area (Å²) >= 11 is 1.63. The number of unbranched alkanes of at least 4 members (excludes halogenated alkanes) is 1. The number of aliphatic carboxylic acids is 2. The maximum absolute atomic E-state index is 11.2. The number of carbonyl (C=O) groups is 2. The van der Waals surface area contributed by atoms with Crippen molar-refractivity contribution >= 4 is 23.7 Å². The van der Waals surface area contributed by atoms with E-state index in [9.17, 15) is 19.8 Å². The van der Waals surface area contributed by atoms with Crippen molar-refractivity contribution in [3.05, 3.63) is 59.8 Å². The van der Waals surface area contributed by atoms with Crippen molar-refractivity contribution in [1.82, 2.24) is 0 Å². The van der Waals surface area contributed by atoms with Crippen molar-refractivity contribution in [1.29, 1.82) is 0 Å². The molecule has 242 valence electrons. The van der Waals surface area contributed by atoms with Crippen molar-refractivity contribution in [2.24, 2.45) is 11.8 Å². The molecule has 2 saturated heterocycles. The Morgan fingerprint density at radius 2 is 1.79 bits per heavy atom. The van der Waals surface area contributed by atoms with Crippen molar-refractivity contribution in [2.45, 2.75) is 116 Å². The third-order valence-corrected chi connectivity index (χ3v) is 8.74. The summed E-state index contributed by atoms with van der Waals surface area (Å²) in [6, 6.07) is 0. The van der Waals surface area contributed by atoms with E-state index in [2.05, 4.69) is 19.9 Å². The minimum absolute atomic E-state index is 0.0482. The summed E-state index contributed by atoms with van der Waals surface area (Å²) in [6.45, 7) is 9.87. The molecule has 2 aliphatic heterocycles. The molecule has 2 fully saturated rings. The van der Waals surface area contributed by atoms with Crippen LogP contribution in [0.1, 0.15) is 86.0 Å². The number of allylic oxidation sites excluding steroid dienone is 4. The zero-order valence-corrected chi connectivity index (χ0v) is 27.5. The Morgan fingerprint density at radius 3 is 2.44 bits per heavy atom. The van der Waals surface area contributed by atoms with Gasteiger partial charge in [-0.05, 0) is 57.3 Å². The largest absolute Gasteiger partial charge is 0.478 e. The molecule has 8 nitrogen and oxygen atoms in total. The maximum atomic E-state index is 11.2. The number of thioether (sulfide) groups is 1. The Bertz CT molecular complexity index is 1050. The molecule has 0 unspecified atom stereocenters. The number of carboxylic acids is 2. The first-order valence-corrected chi connectivity index (χ1v) is 16.8. The smallest absolute Gasteiger partial charge is 0.328 e. The molecule has 0 amide bonds. The summed E-state index contributed by atoms with van der Waals surface area (Å²) in [5.41, 5.74) is 1.11. The number of rotatable bonds is 16. The molecule has 0 saturated carbocycles. The molecule has 2 rings (SSSR count). The van der Waals surface area contributed by atoms with Crippen molar-refractivity contribution in [3.8, 4) is 0 Å². The Labute approximate surface area is 261 Å². The van der Waals surface area contributed by atoms with Crippen LogP contribution in [0, 0.1) is 11.8 Å². The average molecular weight is 621 g/mol. The fourth-order valence-electron chi connectivity index (χ4n) is 5.56. The van der Waals surface area contributed by atoms with Crippen LogP contribution in [0.2, 0.25) is 0 Å². The monoisotopic (exact) mass is 620 g/mol. The lowest BCUT2D eigenvalue weighted by atomic mass is 9.78. The summed E-state index contributed by atoms with van der Waals surface area (Å²) in [5, 5.41) is 28.3. The first-order valence-electron chi connectivity index (χ1n) is 15.4. The summed E-state index contributed by atoms with van der Waals surface area (Å²) in [7, 11) is 0. The van der Waals surface area contributed by atoms with Crippen LogP contribution in [0.3, 0.4) is 0 Å². The summed E-state index contributed by atoms with van der Waals surface area (Å²) < 4.78 is 20.2. The number of ether oxygens (including phenoxy) is 3. The fourth-order valence-corrected chi connectivity index (χ4v) is 5.92. The van der Waals surface area contributed by atoms with Gasteiger partial charge in [0.2, 0.25) is 0 Å². The van der Waals surface area contributed by atoms with Gasteiger partial charge >= 0.3 is 11.9 Å². The molecule has 0 aliphatic carbocycles. The molecule has 0 aromatic carbocycles. The molecule has 0 aromatic rings. The molecule has 0 radical (unpaired) electrons. The zero-order chi connectivity index (χ0) is 32.0. The Kier molecular flexibility index (Phi) is 15.5. The normalized spacial score (nSPS) is 30.4. The lowest BCUT2D eigenvalue weighted by molar-refractivity contribution is -0.346. The maximum Gasteiger partial charge on any atom is 0.328 e. The van der Waals surface area contributed by atoms with Crippen LogP contribution in [-0.2, 0) is 23.8 Å². The number of aliphatic hydroxyl groups excluding tert-OH is 1. The highest BCUT2D eigenvalue weighted by Gasteiger charge is 2.53. The van der Waals surface area contributed by atoms with E-state index in [1.54, 1.807) is 31.7 Å². The van der Waals surface area contributed by atoms with Crippen molar-refractivity contribution < 1.29 is 39.1 Å². The van der Waals surface area contributed by atoms with Gasteiger partial charge in [0, 0.05) is 30.9 Å². The molecule has 43 heavy (non-hydrogen) atoms. The van der Waals surface area contributed by atoms with Gasteiger partial charge in [0.15, 0.2) is 5.79 Å². The Hall–Kier alpha value is -2.17. The second kappa shape index (κ2) is 18.0. The number of carboxylic acid groups (broad SMARTS) is 2. The van der Waals surface area contributed by atoms with Gasteiger partial charge in [0.05, 0.1) is 23.7 Å². The van der Waals surface area contributed by atoms with Gasteiger partial charge in [-0.2, -0.15) is 0 Å². The van der Waals surface area contributed by atoms with Crippen LogP contribution in [0.4, 0.5) is 0 Å². The van der Waals surface area contributed by atoms with Crippen LogP contribution in [0.15, 0.2) is 59.8 Å². The van der Waals surface area contributed by atoms with E-state index in [1.807, 2.05) is 31.4 Å². The Balaban J connectivity index is 2.23. The molecule has 2 aliphatic rings. The second-order valence-electron chi connectivity index (χ2n) is 12.0. The van der Waals surface area contributed by atoms with Gasteiger partial charge in [0.25, 0.3) is 0 Å². The molecule has 9 heteroatoms. The van der Waals surface area contributed by atoms with E-state index in [-0.39, 0.29) is 18.1 Å². The van der Waals surface area contributed by atoms with Gasteiger partial charge in [-0.15, -0.1) is 11.8 Å².